The van der Waals surface area contributed by atoms with E-state index in [1.54, 1.807) is 0 Å². The predicted octanol–water partition coefficient (Wildman–Crippen LogP) is 1.59. The molecule has 2 aliphatic rings. The van der Waals surface area contributed by atoms with Crippen LogP contribution in [0.3, 0.4) is 0 Å². The molecule has 1 saturated heterocycles. The van der Waals surface area contributed by atoms with Crippen molar-refractivity contribution in [1.29, 1.82) is 0 Å². The highest BCUT2D eigenvalue weighted by molar-refractivity contribution is 5.23. The minimum Gasteiger partial charge on any atom is -0.264 e. The van der Waals surface area contributed by atoms with Gasteiger partial charge in [-0.2, -0.15) is 0 Å². The summed E-state index contributed by atoms with van der Waals surface area (Å²) in [7, 11) is 0. The van der Waals surface area contributed by atoms with Crippen molar-refractivity contribution in [3.05, 3.63) is 30.1 Å². The summed E-state index contributed by atoms with van der Waals surface area (Å²) in [5.74, 6) is 0.640. The first kappa shape index (κ1) is 9.31. The summed E-state index contributed by atoms with van der Waals surface area (Å²) in [4.78, 5) is 4.24. The molecule has 2 heterocycles. The van der Waals surface area contributed by atoms with Gasteiger partial charge in [-0.15, -0.1) is 0 Å². The van der Waals surface area contributed by atoms with Crippen molar-refractivity contribution in [3.63, 3.8) is 0 Å². The number of hydrogen-bond acceptors (Lipinski definition) is 3. The number of rotatable bonds is 1. The lowest BCUT2D eigenvalue weighted by molar-refractivity contribution is 0.327. The van der Waals surface area contributed by atoms with E-state index in [1.165, 1.54) is 31.2 Å². The molecule has 0 radical (unpaired) electrons. The van der Waals surface area contributed by atoms with E-state index in [-0.39, 0.29) is 0 Å². The Hall–Kier alpha value is -0.930. The topological polar surface area (TPSA) is 37.0 Å². The molecule has 2 fully saturated rings. The zero-order valence-electron chi connectivity index (χ0n) is 8.87. The normalized spacial score (nSPS) is 35.1. The first-order valence-electron chi connectivity index (χ1n) is 5.81. The molecule has 15 heavy (non-hydrogen) atoms. The van der Waals surface area contributed by atoms with Crippen LogP contribution in [-0.2, 0) is 0 Å². The fourth-order valence-electron chi connectivity index (χ4n) is 3.18. The van der Waals surface area contributed by atoms with Crippen LogP contribution in [0.1, 0.15) is 37.2 Å². The van der Waals surface area contributed by atoms with Crippen LogP contribution in [0.5, 0.6) is 0 Å². The van der Waals surface area contributed by atoms with E-state index >= 15 is 0 Å². The first-order chi connectivity index (χ1) is 7.41. The van der Waals surface area contributed by atoms with Crippen molar-refractivity contribution >= 4 is 0 Å². The molecule has 0 bridgehead atoms. The maximum absolute atomic E-state index is 4.24. The Morgan fingerprint density at radius 2 is 2.40 bits per heavy atom. The molecule has 1 aliphatic carbocycles. The molecule has 1 aromatic heterocycles. The summed E-state index contributed by atoms with van der Waals surface area (Å²) in [6, 6.07) is 4.26. The second-order valence-corrected chi connectivity index (χ2v) is 4.69. The molecular weight excluding hydrogens is 186 g/mol. The molecule has 1 aromatic rings. The molecular formula is C12H17N3. The zero-order chi connectivity index (χ0) is 10.1. The average molecular weight is 203 g/mol. The molecule has 0 amide bonds. The van der Waals surface area contributed by atoms with Gasteiger partial charge >= 0.3 is 0 Å². The van der Waals surface area contributed by atoms with Gasteiger partial charge in [0.05, 0.1) is 0 Å². The molecule has 0 aromatic carbocycles. The largest absolute Gasteiger partial charge is 0.264 e. The van der Waals surface area contributed by atoms with Gasteiger partial charge in [-0.3, -0.25) is 15.8 Å². The first-order valence-corrected chi connectivity index (χ1v) is 5.81. The Morgan fingerprint density at radius 3 is 3.13 bits per heavy atom. The summed E-state index contributed by atoms with van der Waals surface area (Å²) in [6.07, 6.45) is 9.03. The van der Waals surface area contributed by atoms with Crippen LogP contribution in [0.25, 0.3) is 0 Å². The Labute approximate surface area is 90.3 Å². The second-order valence-electron chi connectivity index (χ2n) is 4.69. The lowest BCUT2D eigenvalue weighted by atomic mass is 9.81. The van der Waals surface area contributed by atoms with Gasteiger partial charge in [0.1, 0.15) is 0 Å². The number of nitrogens with zero attached hydrogens (tertiary/aromatic N) is 1. The van der Waals surface area contributed by atoms with Crippen LogP contribution >= 0.6 is 0 Å². The minimum atomic E-state index is 0.309. The molecule has 2 N–H and O–H groups in total. The van der Waals surface area contributed by atoms with Gasteiger partial charge in [-0.1, -0.05) is 12.5 Å². The minimum absolute atomic E-state index is 0.309. The molecule has 2 atom stereocenters. The number of pyridine rings is 1. The summed E-state index contributed by atoms with van der Waals surface area (Å²) in [5.41, 5.74) is 8.49. The third kappa shape index (κ3) is 1.46. The Balaban J connectivity index is 1.92. The summed E-state index contributed by atoms with van der Waals surface area (Å²) >= 11 is 0. The number of nitrogens with one attached hydrogen (secondary N) is 2. The zero-order valence-corrected chi connectivity index (χ0v) is 8.87. The smallest absolute Gasteiger partial charge is 0.0405 e. The highest BCUT2D eigenvalue weighted by Gasteiger charge is 2.45. The standard InChI is InChI=1S/C12H17N3/c1-4-11(10-3-2-7-13-9-10)12(5-1)6-8-14-15-12/h2-3,7,9,11,14-15H,1,4-6,8H2. The predicted molar refractivity (Wildman–Crippen MR) is 59.3 cm³/mol. The maximum atomic E-state index is 4.24. The van der Waals surface area contributed by atoms with Crippen LogP contribution in [0, 0.1) is 0 Å². The maximum Gasteiger partial charge on any atom is 0.0405 e. The number of hydrazine groups is 1. The second kappa shape index (κ2) is 3.58. The highest BCUT2D eigenvalue weighted by Crippen LogP contribution is 2.45. The van der Waals surface area contributed by atoms with Gasteiger partial charge in [0, 0.05) is 30.4 Å². The molecule has 3 heteroatoms. The van der Waals surface area contributed by atoms with Gasteiger partial charge in [0.15, 0.2) is 0 Å². The monoisotopic (exact) mass is 203 g/mol. The van der Waals surface area contributed by atoms with Gasteiger partial charge < -0.3 is 0 Å². The van der Waals surface area contributed by atoms with Gasteiger partial charge in [0.2, 0.25) is 0 Å². The molecule has 3 rings (SSSR count). The Morgan fingerprint density at radius 1 is 1.40 bits per heavy atom. The van der Waals surface area contributed by atoms with E-state index in [1.807, 2.05) is 18.5 Å². The number of aromatic nitrogens is 1. The summed E-state index contributed by atoms with van der Waals surface area (Å²) < 4.78 is 0. The molecule has 1 aliphatic heterocycles. The summed E-state index contributed by atoms with van der Waals surface area (Å²) in [5, 5.41) is 0. The fraction of sp³-hybridized carbons (Fsp3) is 0.583. The highest BCUT2D eigenvalue weighted by atomic mass is 15.4. The van der Waals surface area contributed by atoms with Gasteiger partial charge in [-0.25, -0.2) is 0 Å². The third-order valence-electron chi connectivity index (χ3n) is 3.90. The van der Waals surface area contributed by atoms with Crippen molar-refractivity contribution in [3.8, 4) is 0 Å². The van der Waals surface area contributed by atoms with Crippen molar-refractivity contribution in [2.24, 2.45) is 0 Å². The number of hydrogen-bond donors (Lipinski definition) is 2. The van der Waals surface area contributed by atoms with E-state index < -0.39 is 0 Å². The molecule has 1 saturated carbocycles. The Kier molecular flexibility index (Phi) is 2.22. The van der Waals surface area contributed by atoms with Gasteiger partial charge in [-0.05, 0) is 30.9 Å². The van der Waals surface area contributed by atoms with Crippen molar-refractivity contribution in [2.45, 2.75) is 37.1 Å². The van der Waals surface area contributed by atoms with Crippen molar-refractivity contribution in [2.75, 3.05) is 6.54 Å². The van der Waals surface area contributed by atoms with E-state index in [4.69, 9.17) is 0 Å². The molecule has 80 valence electrons. The van der Waals surface area contributed by atoms with Crippen molar-refractivity contribution in [1.82, 2.24) is 15.8 Å². The van der Waals surface area contributed by atoms with E-state index in [0.29, 0.717) is 11.5 Å². The lowest BCUT2D eigenvalue weighted by Gasteiger charge is -2.30. The van der Waals surface area contributed by atoms with E-state index in [2.05, 4.69) is 21.9 Å². The van der Waals surface area contributed by atoms with E-state index in [9.17, 15) is 0 Å². The van der Waals surface area contributed by atoms with Crippen LogP contribution in [-0.4, -0.2) is 17.1 Å². The molecule has 3 nitrogen and oxygen atoms in total. The summed E-state index contributed by atoms with van der Waals surface area (Å²) in [6.45, 7) is 1.09. The lowest BCUT2D eigenvalue weighted by Crippen LogP contribution is -2.45. The van der Waals surface area contributed by atoms with Crippen LogP contribution in [0.15, 0.2) is 24.5 Å². The fourth-order valence-corrected chi connectivity index (χ4v) is 3.18. The van der Waals surface area contributed by atoms with Crippen LogP contribution in [0.2, 0.25) is 0 Å². The van der Waals surface area contributed by atoms with Crippen molar-refractivity contribution < 1.29 is 0 Å². The molecule has 2 unspecified atom stereocenters. The van der Waals surface area contributed by atoms with Crippen LogP contribution in [0.4, 0.5) is 0 Å². The molecule has 1 spiro atoms. The quantitative estimate of drug-likeness (QED) is 0.727. The third-order valence-corrected chi connectivity index (χ3v) is 3.90. The van der Waals surface area contributed by atoms with E-state index in [0.717, 1.165) is 6.54 Å². The Bertz CT molecular complexity index is 324. The van der Waals surface area contributed by atoms with Crippen LogP contribution < -0.4 is 10.9 Å². The SMILES string of the molecule is c1cncc(C2CCCC23CCNN3)c1. The average Bonchev–Trinajstić information content (AvgIpc) is 2.91. The van der Waals surface area contributed by atoms with Gasteiger partial charge in [0.25, 0.3) is 0 Å².